The fourth-order valence-corrected chi connectivity index (χ4v) is 2.08. The Kier molecular flexibility index (Phi) is 4.64. The Hall–Kier alpha value is -3.03. The third kappa shape index (κ3) is 4.03. The molecule has 2 aromatic heterocycles. The molecule has 8 heteroatoms. The predicted molar refractivity (Wildman–Crippen MR) is 81.4 cm³/mol. The number of halogens is 1. The smallest absolute Gasteiger partial charge is 0.232 e. The lowest BCUT2D eigenvalue weighted by atomic mass is 10.2. The van der Waals surface area contributed by atoms with E-state index in [2.05, 4.69) is 20.4 Å². The molecule has 0 saturated carbocycles. The van der Waals surface area contributed by atoms with Crippen LogP contribution >= 0.6 is 0 Å². The Morgan fingerprint density at radius 1 is 1.25 bits per heavy atom. The zero-order valence-corrected chi connectivity index (χ0v) is 13.0. The summed E-state index contributed by atoms with van der Waals surface area (Å²) in [5.41, 5.74) is 1.32. The first kappa shape index (κ1) is 15.9. The third-order valence-electron chi connectivity index (χ3n) is 3.21. The molecule has 2 heterocycles. The number of nitrogens with zero attached hydrogens (tertiary/aromatic N) is 3. The Labute approximate surface area is 136 Å². The summed E-state index contributed by atoms with van der Waals surface area (Å²) < 4.78 is 23.5. The number of aromatic nitrogens is 3. The van der Waals surface area contributed by atoms with E-state index in [-0.39, 0.29) is 11.7 Å². The predicted octanol–water partition coefficient (Wildman–Crippen LogP) is 2.13. The van der Waals surface area contributed by atoms with Gasteiger partial charge in [0.15, 0.2) is 5.82 Å². The summed E-state index contributed by atoms with van der Waals surface area (Å²) in [6.45, 7) is 1.90. The maximum absolute atomic E-state index is 12.9. The van der Waals surface area contributed by atoms with Gasteiger partial charge in [-0.25, -0.2) is 9.37 Å². The number of hydrogen-bond acceptors (Lipinski definition) is 6. The van der Waals surface area contributed by atoms with Crippen LogP contribution in [-0.2, 0) is 17.6 Å². The lowest BCUT2D eigenvalue weighted by Gasteiger charge is -1.96. The van der Waals surface area contributed by atoms with E-state index in [1.54, 1.807) is 12.1 Å². The lowest BCUT2D eigenvalue weighted by molar-refractivity contribution is -0.118. The third-order valence-corrected chi connectivity index (χ3v) is 3.21. The Morgan fingerprint density at radius 2 is 2.04 bits per heavy atom. The number of benzene rings is 1. The van der Waals surface area contributed by atoms with Gasteiger partial charge in [0, 0.05) is 25.5 Å². The van der Waals surface area contributed by atoms with Crippen molar-refractivity contribution < 1.29 is 18.1 Å². The molecule has 124 valence electrons. The molecule has 0 spiro atoms. The molecule has 24 heavy (non-hydrogen) atoms. The van der Waals surface area contributed by atoms with E-state index >= 15 is 0 Å². The number of amides is 1. The van der Waals surface area contributed by atoms with Gasteiger partial charge in [0.2, 0.25) is 17.7 Å². The molecule has 1 N–H and O–H groups in total. The van der Waals surface area contributed by atoms with E-state index in [1.165, 1.54) is 25.3 Å². The first-order chi connectivity index (χ1) is 11.6. The van der Waals surface area contributed by atoms with Gasteiger partial charge in [-0.2, -0.15) is 4.98 Å². The van der Waals surface area contributed by atoms with Gasteiger partial charge >= 0.3 is 0 Å². The van der Waals surface area contributed by atoms with Crippen LogP contribution in [0.15, 0.2) is 39.5 Å². The second kappa shape index (κ2) is 7.03. The van der Waals surface area contributed by atoms with Crippen LogP contribution in [0.3, 0.4) is 0 Å². The van der Waals surface area contributed by atoms with Crippen molar-refractivity contribution in [3.63, 3.8) is 0 Å². The van der Waals surface area contributed by atoms with Crippen LogP contribution in [0.1, 0.15) is 24.3 Å². The monoisotopic (exact) mass is 330 g/mol. The molecule has 7 nitrogen and oxygen atoms in total. The van der Waals surface area contributed by atoms with Crippen molar-refractivity contribution in [2.45, 2.75) is 19.8 Å². The number of hydrogen-bond donors (Lipinski definition) is 1. The lowest BCUT2D eigenvalue weighted by Crippen LogP contribution is -2.22. The molecule has 0 aliphatic heterocycles. The van der Waals surface area contributed by atoms with E-state index in [0.717, 1.165) is 0 Å². The van der Waals surface area contributed by atoms with Crippen molar-refractivity contribution in [2.75, 3.05) is 6.54 Å². The minimum absolute atomic E-state index is 0.102. The molecule has 0 unspecified atom stereocenters. The zero-order chi connectivity index (χ0) is 16.9. The average molecular weight is 330 g/mol. The van der Waals surface area contributed by atoms with E-state index in [0.29, 0.717) is 48.2 Å². The number of carbonyl (C=O) groups excluding carboxylic acids is 1. The molecule has 3 aromatic rings. The molecule has 1 aromatic carbocycles. The van der Waals surface area contributed by atoms with Crippen molar-refractivity contribution in [3.8, 4) is 11.5 Å². The van der Waals surface area contributed by atoms with E-state index < -0.39 is 0 Å². The highest BCUT2D eigenvalue weighted by Crippen LogP contribution is 2.20. The van der Waals surface area contributed by atoms with E-state index in [9.17, 15) is 9.18 Å². The number of carbonyl (C=O) groups is 1. The summed E-state index contributed by atoms with van der Waals surface area (Å²) in [5.74, 6) is 0.904. The summed E-state index contributed by atoms with van der Waals surface area (Å²) >= 11 is 0. The molecule has 3 rings (SSSR count). The highest BCUT2D eigenvalue weighted by Gasteiger charge is 2.12. The normalized spacial score (nSPS) is 10.8. The molecule has 0 atom stereocenters. The summed E-state index contributed by atoms with van der Waals surface area (Å²) in [6, 6.07) is 5.88. The second-order valence-electron chi connectivity index (χ2n) is 5.16. The molecule has 0 aliphatic rings. The summed E-state index contributed by atoms with van der Waals surface area (Å²) in [5, 5.41) is 6.51. The molecule has 0 fully saturated rings. The minimum atomic E-state index is -0.316. The molecule has 0 bridgehead atoms. The van der Waals surface area contributed by atoms with Gasteiger partial charge in [0.25, 0.3) is 0 Å². The minimum Gasteiger partial charge on any atom is -0.444 e. The standard InChI is InChI=1S/C16H15FN4O3/c1-10(22)18-7-6-14-20-15(24-21-14)8-13-9-23-16(19-13)11-2-4-12(17)5-3-11/h2-5,9H,6-8H2,1H3,(H,18,22). The molecule has 0 radical (unpaired) electrons. The second-order valence-corrected chi connectivity index (χ2v) is 5.16. The van der Waals surface area contributed by atoms with Crippen molar-refractivity contribution in [3.05, 3.63) is 53.8 Å². The highest BCUT2D eigenvalue weighted by molar-refractivity contribution is 5.72. The van der Waals surface area contributed by atoms with Crippen LogP contribution in [0, 0.1) is 5.82 Å². The molecule has 1 amide bonds. The van der Waals surface area contributed by atoms with Crippen LogP contribution in [0.4, 0.5) is 4.39 Å². The maximum atomic E-state index is 12.9. The molecule has 0 saturated heterocycles. The first-order valence-electron chi connectivity index (χ1n) is 7.36. The van der Waals surface area contributed by atoms with Crippen molar-refractivity contribution in [2.24, 2.45) is 0 Å². The van der Waals surface area contributed by atoms with Gasteiger partial charge in [0.1, 0.15) is 12.1 Å². The fraction of sp³-hybridized carbons (Fsp3) is 0.250. The van der Waals surface area contributed by atoms with Gasteiger partial charge in [-0.3, -0.25) is 4.79 Å². The van der Waals surface area contributed by atoms with Gasteiger partial charge in [-0.05, 0) is 24.3 Å². The number of rotatable bonds is 6. The summed E-state index contributed by atoms with van der Waals surface area (Å²) in [6.07, 6.45) is 2.32. The van der Waals surface area contributed by atoms with E-state index in [1.807, 2.05) is 0 Å². The van der Waals surface area contributed by atoms with Gasteiger partial charge in [-0.15, -0.1) is 0 Å². The van der Waals surface area contributed by atoms with Crippen LogP contribution in [0.2, 0.25) is 0 Å². The quantitative estimate of drug-likeness (QED) is 0.744. The maximum Gasteiger partial charge on any atom is 0.232 e. The van der Waals surface area contributed by atoms with Crippen LogP contribution < -0.4 is 5.32 Å². The van der Waals surface area contributed by atoms with Crippen LogP contribution in [0.5, 0.6) is 0 Å². The summed E-state index contributed by atoms with van der Waals surface area (Å²) in [7, 11) is 0. The topological polar surface area (TPSA) is 94.1 Å². The Bertz CT molecular complexity index is 826. The molecular formula is C16H15FN4O3. The summed E-state index contributed by atoms with van der Waals surface area (Å²) in [4.78, 5) is 19.4. The highest BCUT2D eigenvalue weighted by atomic mass is 19.1. The van der Waals surface area contributed by atoms with Gasteiger partial charge < -0.3 is 14.3 Å². The molecule has 0 aliphatic carbocycles. The van der Waals surface area contributed by atoms with E-state index in [4.69, 9.17) is 8.94 Å². The van der Waals surface area contributed by atoms with Gasteiger partial charge in [0.05, 0.1) is 12.1 Å². The first-order valence-corrected chi connectivity index (χ1v) is 7.36. The SMILES string of the molecule is CC(=O)NCCc1noc(Cc2coc(-c3ccc(F)cc3)n2)n1. The Balaban J connectivity index is 1.61. The van der Waals surface area contributed by atoms with Crippen molar-refractivity contribution in [1.29, 1.82) is 0 Å². The number of oxazole rings is 1. The number of nitrogens with one attached hydrogen (secondary N) is 1. The van der Waals surface area contributed by atoms with Gasteiger partial charge in [-0.1, -0.05) is 5.16 Å². The van der Waals surface area contributed by atoms with Crippen molar-refractivity contribution >= 4 is 5.91 Å². The zero-order valence-electron chi connectivity index (χ0n) is 13.0. The van der Waals surface area contributed by atoms with Crippen LogP contribution in [0.25, 0.3) is 11.5 Å². The largest absolute Gasteiger partial charge is 0.444 e. The Morgan fingerprint density at radius 3 is 2.79 bits per heavy atom. The fourth-order valence-electron chi connectivity index (χ4n) is 2.08. The van der Waals surface area contributed by atoms with Crippen LogP contribution in [-0.4, -0.2) is 27.6 Å². The average Bonchev–Trinajstić information content (AvgIpc) is 3.18. The molecular weight excluding hydrogens is 315 g/mol. The van der Waals surface area contributed by atoms with Crippen molar-refractivity contribution in [1.82, 2.24) is 20.4 Å².